The van der Waals surface area contributed by atoms with Gasteiger partial charge >= 0.3 is 0 Å². The van der Waals surface area contributed by atoms with Crippen molar-refractivity contribution in [1.82, 2.24) is 35.3 Å². The molecule has 0 bridgehead atoms. The third-order valence-electron chi connectivity index (χ3n) is 4.74. The SMILES string of the molecule is CC(C)c1nnc2n1C[C@@H](NCc1cn[nH]c1-c1cccnc1)CC2. The number of H-pyrrole nitrogens is 1. The number of aromatic amines is 1. The van der Waals surface area contributed by atoms with Crippen LogP contribution in [-0.2, 0) is 19.5 Å². The first-order valence-electron chi connectivity index (χ1n) is 8.80. The molecule has 0 amide bonds. The smallest absolute Gasteiger partial charge is 0.135 e. The fourth-order valence-corrected chi connectivity index (χ4v) is 3.40. The van der Waals surface area contributed by atoms with E-state index in [1.54, 1.807) is 6.20 Å². The number of nitrogens with one attached hydrogen (secondary N) is 2. The lowest BCUT2D eigenvalue weighted by molar-refractivity contribution is 0.370. The van der Waals surface area contributed by atoms with Crippen LogP contribution in [0.5, 0.6) is 0 Å². The summed E-state index contributed by atoms with van der Waals surface area (Å²) in [6.45, 7) is 6.04. The fourth-order valence-electron chi connectivity index (χ4n) is 3.40. The van der Waals surface area contributed by atoms with Gasteiger partial charge in [-0.15, -0.1) is 10.2 Å². The van der Waals surface area contributed by atoms with Crippen molar-refractivity contribution in [3.63, 3.8) is 0 Å². The lowest BCUT2D eigenvalue weighted by Crippen LogP contribution is -2.37. The van der Waals surface area contributed by atoms with E-state index in [-0.39, 0.29) is 0 Å². The second-order valence-electron chi connectivity index (χ2n) is 6.87. The predicted octanol–water partition coefficient (Wildman–Crippen LogP) is 2.29. The molecule has 1 aliphatic heterocycles. The quantitative estimate of drug-likeness (QED) is 0.746. The zero-order valence-corrected chi connectivity index (χ0v) is 14.6. The minimum absolute atomic E-state index is 0.394. The normalized spacial score (nSPS) is 17.0. The Morgan fingerprint density at radius 3 is 3.04 bits per heavy atom. The van der Waals surface area contributed by atoms with Gasteiger partial charge in [0.1, 0.15) is 11.6 Å². The zero-order valence-electron chi connectivity index (χ0n) is 14.6. The Balaban J connectivity index is 1.45. The lowest BCUT2D eigenvalue weighted by atomic mass is 10.0. The number of fused-ring (bicyclic) bond motifs is 1. The second kappa shape index (κ2) is 6.76. The highest BCUT2D eigenvalue weighted by molar-refractivity contribution is 5.61. The Kier molecular flexibility index (Phi) is 4.31. The number of nitrogens with zero attached hydrogens (tertiary/aromatic N) is 5. The van der Waals surface area contributed by atoms with Crippen LogP contribution >= 0.6 is 0 Å². The van der Waals surface area contributed by atoms with E-state index in [4.69, 9.17) is 0 Å². The number of hydrogen-bond acceptors (Lipinski definition) is 5. The van der Waals surface area contributed by atoms with E-state index in [0.717, 1.165) is 54.4 Å². The van der Waals surface area contributed by atoms with Crippen LogP contribution in [0.25, 0.3) is 11.3 Å². The molecule has 1 aliphatic rings. The van der Waals surface area contributed by atoms with Crippen LogP contribution in [0, 0.1) is 0 Å². The van der Waals surface area contributed by atoms with Gasteiger partial charge in [0.2, 0.25) is 0 Å². The molecule has 130 valence electrons. The largest absolute Gasteiger partial charge is 0.313 e. The van der Waals surface area contributed by atoms with Crippen LogP contribution in [0.15, 0.2) is 30.7 Å². The summed E-state index contributed by atoms with van der Waals surface area (Å²) in [5.41, 5.74) is 3.25. The fraction of sp³-hybridized carbons (Fsp3) is 0.444. The number of aromatic nitrogens is 6. The molecular formula is C18H23N7. The molecule has 7 heteroatoms. The maximum absolute atomic E-state index is 4.36. The molecule has 0 saturated carbocycles. The van der Waals surface area contributed by atoms with Crippen LogP contribution in [0.2, 0.25) is 0 Å². The molecule has 3 aromatic rings. The molecule has 0 unspecified atom stereocenters. The topological polar surface area (TPSA) is 84.3 Å². The molecule has 1 atom stereocenters. The van der Waals surface area contributed by atoms with Gasteiger partial charge in [-0.3, -0.25) is 10.1 Å². The molecule has 7 nitrogen and oxygen atoms in total. The van der Waals surface area contributed by atoms with Gasteiger partial charge in [0.25, 0.3) is 0 Å². The first-order valence-corrected chi connectivity index (χ1v) is 8.80. The van der Waals surface area contributed by atoms with E-state index in [0.29, 0.717) is 12.0 Å². The van der Waals surface area contributed by atoms with Crippen molar-refractivity contribution in [2.75, 3.05) is 0 Å². The monoisotopic (exact) mass is 337 g/mol. The summed E-state index contributed by atoms with van der Waals surface area (Å²) in [5, 5.41) is 19.7. The highest BCUT2D eigenvalue weighted by Crippen LogP contribution is 2.22. The Morgan fingerprint density at radius 2 is 2.24 bits per heavy atom. The maximum atomic E-state index is 4.36. The van der Waals surface area contributed by atoms with E-state index >= 15 is 0 Å². The van der Waals surface area contributed by atoms with Crippen molar-refractivity contribution in [2.45, 2.75) is 51.7 Å². The molecule has 0 fully saturated rings. The van der Waals surface area contributed by atoms with Gasteiger partial charge in [0.05, 0.1) is 11.9 Å². The summed E-state index contributed by atoms with van der Waals surface area (Å²) in [6, 6.07) is 4.40. The summed E-state index contributed by atoms with van der Waals surface area (Å²) < 4.78 is 2.28. The first-order chi connectivity index (χ1) is 12.2. The molecule has 0 radical (unpaired) electrons. The maximum Gasteiger partial charge on any atom is 0.135 e. The van der Waals surface area contributed by atoms with E-state index in [1.165, 1.54) is 0 Å². The predicted molar refractivity (Wildman–Crippen MR) is 94.9 cm³/mol. The van der Waals surface area contributed by atoms with E-state index in [9.17, 15) is 0 Å². The Morgan fingerprint density at radius 1 is 1.32 bits per heavy atom. The van der Waals surface area contributed by atoms with Crippen molar-refractivity contribution in [1.29, 1.82) is 0 Å². The van der Waals surface area contributed by atoms with Gasteiger partial charge < -0.3 is 9.88 Å². The van der Waals surface area contributed by atoms with Crippen molar-refractivity contribution in [3.05, 3.63) is 47.9 Å². The highest BCUT2D eigenvalue weighted by Gasteiger charge is 2.24. The van der Waals surface area contributed by atoms with E-state index in [1.807, 2.05) is 24.5 Å². The van der Waals surface area contributed by atoms with E-state index < -0.39 is 0 Å². The zero-order chi connectivity index (χ0) is 17.2. The molecule has 0 spiro atoms. The van der Waals surface area contributed by atoms with E-state index in [2.05, 4.69) is 49.1 Å². The Labute approximate surface area is 146 Å². The van der Waals surface area contributed by atoms with Crippen molar-refractivity contribution < 1.29 is 0 Å². The lowest BCUT2D eigenvalue weighted by Gasteiger charge is -2.26. The molecule has 0 aliphatic carbocycles. The van der Waals surface area contributed by atoms with Gasteiger partial charge in [-0.25, -0.2) is 0 Å². The van der Waals surface area contributed by atoms with Gasteiger partial charge in [-0.2, -0.15) is 5.10 Å². The van der Waals surface area contributed by atoms with Crippen LogP contribution in [0.4, 0.5) is 0 Å². The van der Waals surface area contributed by atoms with Crippen LogP contribution < -0.4 is 5.32 Å². The molecule has 3 aromatic heterocycles. The molecular weight excluding hydrogens is 314 g/mol. The van der Waals surface area contributed by atoms with Gasteiger partial charge in [-0.05, 0) is 18.6 Å². The average Bonchev–Trinajstić information content (AvgIpc) is 3.27. The summed E-state index contributed by atoms with van der Waals surface area (Å²) >= 11 is 0. The van der Waals surface area contributed by atoms with Crippen LogP contribution in [-0.4, -0.2) is 36.0 Å². The number of rotatable bonds is 5. The van der Waals surface area contributed by atoms with Crippen molar-refractivity contribution in [2.24, 2.45) is 0 Å². The van der Waals surface area contributed by atoms with Crippen molar-refractivity contribution in [3.8, 4) is 11.3 Å². The standard InChI is InChI=1S/C18H23N7/c1-12(2)18-24-22-16-6-5-15(11-25(16)18)20-9-14-10-21-23-17(14)13-4-3-7-19-8-13/h3-4,7-8,10,12,15,20H,5-6,9,11H2,1-2H3,(H,21,23)/t15-/m0/s1. The molecule has 0 saturated heterocycles. The van der Waals surface area contributed by atoms with Crippen LogP contribution in [0.1, 0.15) is 43.4 Å². The number of pyridine rings is 1. The first kappa shape index (κ1) is 16.0. The molecule has 4 heterocycles. The summed E-state index contributed by atoms with van der Waals surface area (Å²) in [6.07, 6.45) is 7.58. The average molecular weight is 337 g/mol. The Hall–Kier alpha value is -2.54. The minimum Gasteiger partial charge on any atom is -0.313 e. The minimum atomic E-state index is 0.394. The summed E-state index contributed by atoms with van der Waals surface area (Å²) in [5.74, 6) is 2.59. The molecule has 2 N–H and O–H groups in total. The third kappa shape index (κ3) is 3.19. The summed E-state index contributed by atoms with van der Waals surface area (Å²) in [4.78, 5) is 4.19. The summed E-state index contributed by atoms with van der Waals surface area (Å²) in [7, 11) is 0. The number of hydrogen-bond donors (Lipinski definition) is 2. The van der Waals surface area contributed by atoms with Gasteiger partial charge in [0.15, 0.2) is 0 Å². The van der Waals surface area contributed by atoms with Crippen LogP contribution in [0.3, 0.4) is 0 Å². The van der Waals surface area contributed by atoms with Gasteiger partial charge in [0, 0.05) is 55.0 Å². The van der Waals surface area contributed by atoms with Gasteiger partial charge in [-0.1, -0.05) is 13.8 Å². The second-order valence-corrected chi connectivity index (χ2v) is 6.87. The highest BCUT2D eigenvalue weighted by atomic mass is 15.3. The Bertz CT molecular complexity index is 834. The third-order valence-corrected chi connectivity index (χ3v) is 4.74. The number of aryl methyl sites for hydroxylation is 1. The molecule has 25 heavy (non-hydrogen) atoms. The molecule has 0 aromatic carbocycles. The molecule has 4 rings (SSSR count). The van der Waals surface area contributed by atoms with Crippen molar-refractivity contribution >= 4 is 0 Å².